The highest BCUT2D eigenvalue weighted by Gasteiger charge is 2.44. The maximum absolute atomic E-state index is 5.89. The van der Waals surface area contributed by atoms with Gasteiger partial charge in [0.05, 0.1) is 17.8 Å². The molecule has 2 fully saturated rings. The largest absolute Gasteiger partial charge is 0.352 e. The molecule has 1 N–H and O–H groups in total. The summed E-state index contributed by atoms with van der Waals surface area (Å²) < 4.78 is 2.45. The number of thiocarbonyl (C=S) groups is 1. The fourth-order valence-corrected chi connectivity index (χ4v) is 5.74. The van der Waals surface area contributed by atoms with E-state index in [-0.39, 0.29) is 12.1 Å². The van der Waals surface area contributed by atoms with Crippen molar-refractivity contribution in [2.75, 3.05) is 0 Å². The lowest BCUT2D eigenvalue weighted by Gasteiger charge is -2.37. The van der Waals surface area contributed by atoms with Crippen LogP contribution >= 0.6 is 12.2 Å². The quantitative estimate of drug-likeness (QED) is 0.703. The summed E-state index contributed by atoms with van der Waals surface area (Å²) in [6.45, 7) is 9.00. The van der Waals surface area contributed by atoms with E-state index in [9.17, 15) is 0 Å². The Morgan fingerprint density at radius 3 is 2.50 bits per heavy atom. The average molecular weight is 397 g/mol. The highest BCUT2D eigenvalue weighted by molar-refractivity contribution is 7.80. The lowest BCUT2D eigenvalue weighted by Crippen LogP contribution is -2.40. The lowest BCUT2D eigenvalue weighted by atomic mass is 9.90. The number of nitrogens with zero attached hydrogens (tertiary/aromatic N) is 3. The maximum atomic E-state index is 5.89. The van der Waals surface area contributed by atoms with E-state index in [1.807, 2.05) is 12.3 Å². The predicted octanol–water partition coefficient (Wildman–Crippen LogP) is 5.39. The monoisotopic (exact) mass is 396 g/mol. The fourth-order valence-electron chi connectivity index (χ4n) is 5.35. The molecular weight excluding hydrogens is 364 g/mol. The molecule has 4 nitrogen and oxygen atoms in total. The number of nitrogens with one attached hydrogen (secondary N) is 1. The van der Waals surface area contributed by atoms with E-state index in [4.69, 9.17) is 12.2 Å². The van der Waals surface area contributed by atoms with Gasteiger partial charge in [-0.15, -0.1) is 0 Å². The molecule has 1 aliphatic heterocycles. The molecule has 150 valence electrons. The van der Waals surface area contributed by atoms with Crippen LogP contribution in [-0.4, -0.2) is 25.6 Å². The molecule has 0 aromatic carbocycles. The van der Waals surface area contributed by atoms with Crippen LogP contribution in [0.4, 0.5) is 0 Å². The van der Waals surface area contributed by atoms with Crippen molar-refractivity contribution in [3.63, 3.8) is 0 Å². The van der Waals surface area contributed by atoms with E-state index in [2.05, 4.69) is 65.7 Å². The molecule has 2 atom stereocenters. The fraction of sp³-hybridized carbons (Fsp3) is 0.565. The number of hydrogen-bond donors (Lipinski definition) is 1. The van der Waals surface area contributed by atoms with E-state index < -0.39 is 0 Å². The smallest absolute Gasteiger partial charge is 0.170 e. The highest BCUT2D eigenvalue weighted by Crippen LogP contribution is 2.44. The molecule has 0 spiro atoms. The molecule has 4 rings (SSSR count). The van der Waals surface area contributed by atoms with Crippen molar-refractivity contribution in [3.05, 3.63) is 53.1 Å². The van der Waals surface area contributed by atoms with Gasteiger partial charge in [-0.1, -0.05) is 25.3 Å². The summed E-state index contributed by atoms with van der Waals surface area (Å²) in [7, 11) is 0. The Kier molecular flexibility index (Phi) is 5.46. The van der Waals surface area contributed by atoms with Gasteiger partial charge in [-0.3, -0.25) is 4.98 Å². The van der Waals surface area contributed by atoms with E-state index in [1.54, 1.807) is 0 Å². The molecule has 3 heterocycles. The summed E-state index contributed by atoms with van der Waals surface area (Å²) in [5.74, 6) is 0. The first-order valence-electron chi connectivity index (χ1n) is 10.7. The van der Waals surface area contributed by atoms with Crippen molar-refractivity contribution >= 4 is 17.3 Å². The van der Waals surface area contributed by atoms with Crippen LogP contribution in [0.25, 0.3) is 0 Å². The van der Waals surface area contributed by atoms with Crippen LogP contribution in [0.1, 0.15) is 86.7 Å². The first kappa shape index (κ1) is 19.4. The van der Waals surface area contributed by atoms with Gasteiger partial charge < -0.3 is 14.8 Å². The third-order valence-corrected chi connectivity index (χ3v) is 6.79. The molecule has 1 aliphatic carbocycles. The van der Waals surface area contributed by atoms with E-state index >= 15 is 0 Å². The molecule has 28 heavy (non-hydrogen) atoms. The van der Waals surface area contributed by atoms with Crippen molar-refractivity contribution in [1.29, 1.82) is 0 Å². The molecule has 2 aliphatic rings. The van der Waals surface area contributed by atoms with Gasteiger partial charge in [-0.05, 0) is 76.5 Å². The molecule has 0 bridgehead atoms. The molecule has 2 unspecified atom stereocenters. The molecule has 1 saturated heterocycles. The second kappa shape index (κ2) is 7.86. The Labute approximate surface area is 174 Å². The number of hydrogen-bond acceptors (Lipinski definition) is 2. The van der Waals surface area contributed by atoms with Crippen LogP contribution in [0.2, 0.25) is 0 Å². The van der Waals surface area contributed by atoms with Crippen LogP contribution in [0.15, 0.2) is 30.5 Å². The van der Waals surface area contributed by atoms with Crippen molar-refractivity contribution in [2.24, 2.45) is 0 Å². The van der Waals surface area contributed by atoms with E-state index in [0.29, 0.717) is 12.1 Å². The predicted molar refractivity (Wildman–Crippen MR) is 118 cm³/mol. The highest BCUT2D eigenvalue weighted by atomic mass is 32.1. The van der Waals surface area contributed by atoms with Gasteiger partial charge >= 0.3 is 0 Å². The molecule has 1 saturated carbocycles. The Hall–Kier alpha value is -1.88. The summed E-state index contributed by atoms with van der Waals surface area (Å²) in [5.41, 5.74) is 5.14. The maximum Gasteiger partial charge on any atom is 0.170 e. The zero-order valence-corrected chi connectivity index (χ0v) is 18.3. The number of rotatable bonds is 4. The summed E-state index contributed by atoms with van der Waals surface area (Å²) in [6, 6.07) is 9.82. The number of aromatic nitrogens is 2. The normalized spacial score (nSPS) is 23.5. The van der Waals surface area contributed by atoms with Crippen LogP contribution in [0.5, 0.6) is 0 Å². The number of pyridine rings is 1. The zero-order chi connectivity index (χ0) is 19.8. The van der Waals surface area contributed by atoms with Gasteiger partial charge in [0.1, 0.15) is 0 Å². The van der Waals surface area contributed by atoms with Crippen molar-refractivity contribution in [2.45, 2.75) is 84.0 Å². The average Bonchev–Trinajstić information content (AvgIpc) is 3.18. The Balaban J connectivity index is 1.81. The lowest BCUT2D eigenvalue weighted by molar-refractivity contribution is 0.196. The van der Waals surface area contributed by atoms with Gasteiger partial charge in [0.15, 0.2) is 5.11 Å². The van der Waals surface area contributed by atoms with Crippen LogP contribution in [0.3, 0.4) is 0 Å². The van der Waals surface area contributed by atoms with Crippen LogP contribution in [0, 0.1) is 13.8 Å². The topological polar surface area (TPSA) is 33.1 Å². The van der Waals surface area contributed by atoms with Crippen molar-refractivity contribution in [3.8, 4) is 0 Å². The molecule has 0 amide bonds. The minimum atomic E-state index is 0.0942. The second-order valence-electron chi connectivity index (χ2n) is 8.62. The summed E-state index contributed by atoms with van der Waals surface area (Å²) in [4.78, 5) is 7.20. The minimum Gasteiger partial charge on any atom is -0.352 e. The third kappa shape index (κ3) is 3.34. The molecular formula is C23H32N4S. The van der Waals surface area contributed by atoms with Gasteiger partial charge in [0, 0.05) is 29.7 Å². The molecule has 0 radical (unpaired) electrons. The number of aryl methyl sites for hydroxylation is 1. The molecule has 2 aromatic heterocycles. The summed E-state index contributed by atoms with van der Waals surface area (Å²) in [6.07, 6.45) is 8.30. The van der Waals surface area contributed by atoms with Gasteiger partial charge in [-0.25, -0.2) is 0 Å². The van der Waals surface area contributed by atoms with Gasteiger partial charge in [-0.2, -0.15) is 0 Å². The van der Waals surface area contributed by atoms with E-state index in [0.717, 1.165) is 10.8 Å². The third-order valence-electron chi connectivity index (χ3n) is 6.46. The molecule has 5 heteroatoms. The summed E-state index contributed by atoms with van der Waals surface area (Å²) in [5, 5.41) is 4.53. The zero-order valence-electron chi connectivity index (χ0n) is 17.5. The van der Waals surface area contributed by atoms with Gasteiger partial charge in [0.25, 0.3) is 0 Å². The first-order valence-corrected chi connectivity index (χ1v) is 11.1. The Bertz CT molecular complexity index is 836. The SMILES string of the molecule is Cc1cc(C2C(c3ccccn3)NC(=S)N2C2CCCCC2)c(C)n1C(C)C. The standard InChI is InChI=1S/C23H32N4S/c1-15(2)26-16(3)14-19(17(26)4)22-21(20-12-8-9-13-24-20)25-23(28)27(22)18-10-6-5-7-11-18/h8-9,12-15,18,21-22H,5-7,10-11H2,1-4H3,(H,25,28). The van der Waals surface area contributed by atoms with Crippen molar-refractivity contribution < 1.29 is 0 Å². The van der Waals surface area contributed by atoms with Crippen LogP contribution in [-0.2, 0) is 0 Å². The Morgan fingerprint density at radius 2 is 1.89 bits per heavy atom. The van der Waals surface area contributed by atoms with Crippen LogP contribution < -0.4 is 5.32 Å². The second-order valence-corrected chi connectivity index (χ2v) is 9.00. The first-order chi connectivity index (χ1) is 13.5. The van der Waals surface area contributed by atoms with Gasteiger partial charge in [0.2, 0.25) is 0 Å². The van der Waals surface area contributed by atoms with E-state index in [1.165, 1.54) is 49.1 Å². The Morgan fingerprint density at radius 1 is 1.14 bits per heavy atom. The van der Waals surface area contributed by atoms with Crippen molar-refractivity contribution in [1.82, 2.24) is 19.8 Å². The molecule has 2 aromatic rings. The minimum absolute atomic E-state index is 0.0942. The summed E-state index contributed by atoms with van der Waals surface area (Å²) >= 11 is 5.89.